The van der Waals surface area contributed by atoms with Gasteiger partial charge in [0, 0.05) is 28.2 Å². The van der Waals surface area contributed by atoms with Crippen LogP contribution in [-0.2, 0) is 6.42 Å². The number of H-pyrrole nitrogens is 1. The van der Waals surface area contributed by atoms with E-state index in [0.29, 0.717) is 5.56 Å². The molecule has 2 aromatic heterocycles. The van der Waals surface area contributed by atoms with Crippen molar-refractivity contribution in [1.29, 1.82) is 0 Å². The first-order valence-electron chi connectivity index (χ1n) is 12.8. The minimum absolute atomic E-state index is 0.0812. The van der Waals surface area contributed by atoms with Crippen molar-refractivity contribution in [3.05, 3.63) is 80.9 Å². The van der Waals surface area contributed by atoms with E-state index in [9.17, 15) is 4.79 Å². The fraction of sp³-hybridized carbons (Fsp3) is 0.429. The minimum Gasteiger partial charge on any atom is -0.354 e. The molecular weight excluding hydrogens is 436 g/mol. The first-order chi connectivity index (χ1) is 17.0. The van der Waals surface area contributed by atoms with Gasteiger partial charge in [-0.3, -0.25) is 4.79 Å². The highest BCUT2D eigenvalue weighted by Crippen LogP contribution is 2.42. The topological polar surface area (TPSA) is 79.7 Å². The van der Waals surface area contributed by atoms with Crippen LogP contribution in [0.5, 0.6) is 0 Å². The molecule has 180 valence electrons. The van der Waals surface area contributed by atoms with Crippen molar-refractivity contribution in [2.24, 2.45) is 0 Å². The Morgan fingerprint density at radius 3 is 2.69 bits per heavy atom. The molecule has 35 heavy (non-hydrogen) atoms. The number of nitrogens with zero attached hydrogens (tertiary/aromatic N) is 5. The number of para-hydroxylation sites is 1. The summed E-state index contributed by atoms with van der Waals surface area (Å²) in [7, 11) is 0. The molecule has 0 radical (unpaired) electrons. The van der Waals surface area contributed by atoms with Gasteiger partial charge in [0.2, 0.25) is 0 Å². The fourth-order valence-electron chi connectivity index (χ4n) is 6.25. The summed E-state index contributed by atoms with van der Waals surface area (Å²) >= 11 is 0. The normalized spacial score (nSPS) is 19.3. The largest absolute Gasteiger partial charge is 0.354 e. The van der Waals surface area contributed by atoms with E-state index in [4.69, 9.17) is 0 Å². The molecule has 0 amide bonds. The van der Waals surface area contributed by atoms with Crippen LogP contribution in [0.25, 0.3) is 10.9 Å². The van der Waals surface area contributed by atoms with Crippen LogP contribution in [0.2, 0.25) is 0 Å². The summed E-state index contributed by atoms with van der Waals surface area (Å²) in [6, 6.07) is 14.9. The van der Waals surface area contributed by atoms with Gasteiger partial charge in [0.1, 0.15) is 6.04 Å². The third-order valence-corrected chi connectivity index (χ3v) is 7.86. The van der Waals surface area contributed by atoms with Gasteiger partial charge >= 0.3 is 0 Å². The maximum Gasteiger partial charge on any atom is 0.254 e. The molecule has 4 aromatic rings. The first kappa shape index (κ1) is 22.0. The predicted octanol–water partition coefficient (Wildman–Crippen LogP) is 5.18. The van der Waals surface area contributed by atoms with Crippen molar-refractivity contribution in [2.45, 2.75) is 77.4 Å². The number of rotatable bonds is 4. The van der Waals surface area contributed by atoms with Crippen molar-refractivity contribution in [1.82, 2.24) is 25.2 Å². The number of pyridine rings is 1. The lowest BCUT2D eigenvalue weighted by molar-refractivity contribution is 0.312. The monoisotopic (exact) mass is 468 g/mol. The number of hydrogen-bond acceptors (Lipinski definition) is 5. The maximum atomic E-state index is 13.7. The number of hydrogen-bond donors (Lipinski definition) is 1. The maximum absolute atomic E-state index is 13.7. The van der Waals surface area contributed by atoms with Crippen molar-refractivity contribution < 1.29 is 0 Å². The summed E-state index contributed by atoms with van der Waals surface area (Å²) in [4.78, 5) is 19.2. The number of tetrazole rings is 1. The zero-order chi connectivity index (χ0) is 24.1. The number of anilines is 1. The lowest BCUT2D eigenvalue weighted by Crippen LogP contribution is -2.39. The molecule has 7 heteroatoms. The molecule has 1 aliphatic carbocycles. The number of aromatic amines is 1. The van der Waals surface area contributed by atoms with E-state index in [2.05, 4.69) is 82.6 Å². The summed E-state index contributed by atoms with van der Waals surface area (Å²) in [6.45, 7) is 6.39. The highest BCUT2D eigenvalue weighted by molar-refractivity contribution is 5.83. The Kier molecular flexibility index (Phi) is 5.43. The van der Waals surface area contributed by atoms with Crippen LogP contribution in [0.1, 0.15) is 79.2 Å². The Balaban J connectivity index is 1.58. The van der Waals surface area contributed by atoms with Gasteiger partial charge in [0.25, 0.3) is 5.56 Å². The second-order valence-corrected chi connectivity index (χ2v) is 10.4. The average Bonchev–Trinajstić information content (AvgIpc) is 3.45. The lowest BCUT2D eigenvalue weighted by atomic mass is 9.94. The van der Waals surface area contributed by atoms with E-state index in [0.717, 1.165) is 52.8 Å². The van der Waals surface area contributed by atoms with E-state index in [1.807, 2.05) is 10.7 Å². The van der Waals surface area contributed by atoms with Gasteiger partial charge in [-0.2, -0.15) is 0 Å². The van der Waals surface area contributed by atoms with E-state index < -0.39 is 0 Å². The molecule has 2 aliphatic rings. The number of aromatic nitrogens is 5. The molecular formula is C28H32N6O. The standard InChI is InChI=1S/C28H32N6O/c1-17-13-18(2)22-16-23(28(35)29-24(22)14-17)26(33-19(3)15-20-9-7-8-12-25(20)33)27-30-31-32-34(27)21-10-5-4-6-11-21/h7-9,12-14,16,19,21,26H,4-6,10-11,15H2,1-3H3,(H,29,35). The predicted molar refractivity (Wildman–Crippen MR) is 138 cm³/mol. The van der Waals surface area contributed by atoms with Crippen LogP contribution >= 0.6 is 0 Å². The van der Waals surface area contributed by atoms with Crippen molar-refractivity contribution >= 4 is 16.6 Å². The molecule has 1 saturated carbocycles. The number of aryl methyl sites for hydroxylation is 2. The van der Waals surface area contributed by atoms with E-state index in [-0.39, 0.29) is 23.7 Å². The average molecular weight is 469 g/mol. The van der Waals surface area contributed by atoms with Crippen LogP contribution in [0.4, 0.5) is 5.69 Å². The lowest BCUT2D eigenvalue weighted by Gasteiger charge is -2.34. The Morgan fingerprint density at radius 1 is 1.06 bits per heavy atom. The van der Waals surface area contributed by atoms with Crippen LogP contribution in [0, 0.1) is 13.8 Å². The van der Waals surface area contributed by atoms with E-state index in [1.165, 1.54) is 24.8 Å². The smallest absolute Gasteiger partial charge is 0.254 e. The molecule has 1 fully saturated rings. The zero-order valence-electron chi connectivity index (χ0n) is 20.7. The molecule has 0 spiro atoms. The third-order valence-electron chi connectivity index (χ3n) is 7.86. The molecule has 0 saturated heterocycles. The van der Waals surface area contributed by atoms with Crippen molar-refractivity contribution in [3.8, 4) is 0 Å². The first-order valence-corrected chi connectivity index (χ1v) is 12.8. The second kappa shape index (κ2) is 8.63. The van der Waals surface area contributed by atoms with Crippen molar-refractivity contribution in [3.63, 3.8) is 0 Å². The summed E-state index contributed by atoms with van der Waals surface area (Å²) in [5, 5.41) is 14.3. The van der Waals surface area contributed by atoms with E-state index >= 15 is 0 Å². The molecule has 1 N–H and O–H groups in total. The number of benzene rings is 2. The third kappa shape index (κ3) is 3.74. The van der Waals surface area contributed by atoms with Gasteiger partial charge in [-0.15, -0.1) is 5.10 Å². The minimum atomic E-state index is -0.376. The van der Waals surface area contributed by atoms with Gasteiger partial charge in [0.05, 0.1) is 6.04 Å². The van der Waals surface area contributed by atoms with Gasteiger partial charge < -0.3 is 9.88 Å². The molecule has 6 rings (SSSR count). The van der Waals surface area contributed by atoms with Gasteiger partial charge in [-0.05, 0) is 85.3 Å². The van der Waals surface area contributed by atoms with E-state index in [1.54, 1.807) is 0 Å². The highest BCUT2D eigenvalue weighted by atomic mass is 16.1. The van der Waals surface area contributed by atoms with Crippen LogP contribution in [0.15, 0.2) is 47.3 Å². The number of nitrogens with one attached hydrogen (secondary N) is 1. The summed E-state index contributed by atoms with van der Waals surface area (Å²) in [5.74, 6) is 0.759. The van der Waals surface area contributed by atoms with Crippen molar-refractivity contribution in [2.75, 3.05) is 4.90 Å². The Labute approximate surface area is 205 Å². The molecule has 2 atom stereocenters. The fourth-order valence-corrected chi connectivity index (χ4v) is 6.25. The quantitative estimate of drug-likeness (QED) is 0.447. The molecule has 1 aliphatic heterocycles. The Morgan fingerprint density at radius 2 is 1.86 bits per heavy atom. The van der Waals surface area contributed by atoms with Gasteiger partial charge in [-0.1, -0.05) is 43.5 Å². The van der Waals surface area contributed by atoms with Gasteiger partial charge in [-0.25, -0.2) is 4.68 Å². The van der Waals surface area contributed by atoms with Crippen LogP contribution in [-0.4, -0.2) is 31.2 Å². The molecule has 2 aromatic carbocycles. The molecule has 3 heterocycles. The highest BCUT2D eigenvalue weighted by Gasteiger charge is 2.39. The van der Waals surface area contributed by atoms with Crippen LogP contribution < -0.4 is 10.5 Å². The Bertz CT molecular complexity index is 1450. The van der Waals surface area contributed by atoms with Gasteiger partial charge in [0.15, 0.2) is 5.82 Å². The zero-order valence-corrected chi connectivity index (χ0v) is 20.7. The SMILES string of the molecule is Cc1cc(C)c2cc(C(c3nnnn3C3CCCCC3)N3c4ccccc4CC3C)c(=O)[nH]c2c1. The summed E-state index contributed by atoms with van der Waals surface area (Å²) in [6.07, 6.45) is 6.71. The second-order valence-electron chi connectivity index (χ2n) is 10.4. The summed E-state index contributed by atoms with van der Waals surface area (Å²) < 4.78 is 2.02. The molecule has 7 nitrogen and oxygen atoms in total. The van der Waals surface area contributed by atoms with Crippen LogP contribution in [0.3, 0.4) is 0 Å². The number of fused-ring (bicyclic) bond motifs is 2. The summed E-state index contributed by atoms with van der Waals surface area (Å²) in [5.41, 5.74) is 6.23. The Hall–Kier alpha value is -3.48. The molecule has 2 unspecified atom stereocenters. The molecule has 0 bridgehead atoms.